The Morgan fingerprint density at radius 1 is 1.33 bits per heavy atom. The highest BCUT2D eigenvalue weighted by Crippen LogP contribution is 2.22. The third-order valence-electron chi connectivity index (χ3n) is 3.94. The average Bonchev–Trinajstić information content (AvgIpc) is 3.31. The lowest BCUT2D eigenvalue weighted by atomic mass is 10.2. The van der Waals surface area contributed by atoms with Crippen molar-refractivity contribution in [1.82, 2.24) is 25.4 Å². The van der Waals surface area contributed by atoms with Crippen molar-refractivity contribution in [2.24, 2.45) is 12.0 Å². The first-order chi connectivity index (χ1) is 11.5. The van der Waals surface area contributed by atoms with Gasteiger partial charge in [-0.25, -0.2) is 4.99 Å². The molecule has 2 N–H and O–H groups in total. The van der Waals surface area contributed by atoms with E-state index in [1.165, 1.54) is 12.8 Å². The molecule has 3 rings (SSSR count). The molecule has 1 heterocycles. The summed E-state index contributed by atoms with van der Waals surface area (Å²) in [5, 5.41) is 16.2. The molecule has 1 fully saturated rings. The molecule has 6 nitrogen and oxygen atoms in total. The molecule has 8 heteroatoms. The van der Waals surface area contributed by atoms with Crippen LogP contribution >= 0.6 is 23.2 Å². The number of halogens is 2. The van der Waals surface area contributed by atoms with E-state index in [0.29, 0.717) is 29.2 Å². The van der Waals surface area contributed by atoms with Gasteiger partial charge in [0, 0.05) is 23.1 Å². The standard InChI is InChI=1S/C16H20Cl2N6/c1-10-22-23-15(24(10)2)9-20-16(21-13-5-6-13)19-8-11-3-4-12(17)7-14(11)18/h3-4,7,13H,5-6,8-9H2,1-2H3,(H2,19,20,21). The third-order valence-corrected chi connectivity index (χ3v) is 4.52. The van der Waals surface area contributed by atoms with Gasteiger partial charge < -0.3 is 15.2 Å². The molecule has 0 saturated heterocycles. The Morgan fingerprint density at radius 3 is 2.75 bits per heavy atom. The second kappa shape index (κ2) is 7.40. The molecule has 1 aliphatic rings. The van der Waals surface area contributed by atoms with E-state index in [9.17, 15) is 0 Å². The van der Waals surface area contributed by atoms with Crippen LogP contribution in [0.5, 0.6) is 0 Å². The smallest absolute Gasteiger partial charge is 0.192 e. The molecule has 0 atom stereocenters. The Hall–Kier alpha value is -1.79. The second-order valence-electron chi connectivity index (χ2n) is 5.90. The normalized spacial score (nSPS) is 14.8. The van der Waals surface area contributed by atoms with Crippen molar-refractivity contribution < 1.29 is 0 Å². The number of nitrogens with one attached hydrogen (secondary N) is 2. The van der Waals surface area contributed by atoms with Crippen LogP contribution in [-0.2, 0) is 20.1 Å². The van der Waals surface area contributed by atoms with Gasteiger partial charge in [-0.1, -0.05) is 29.3 Å². The Labute approximate surface area is 151 Å². The summed E-state index contributed by atoms with van der Waals surface area (Å²) in [6, 6.07) is 5.95. The Morgan fingerprint density at radius 2 is 2.12 bits per heavy atom. The molecule has 1 aromatic heterocycles. The minimum atomic E-state index is 0.482. The summed E-state index contributed by atoms with van der Waals surface area (Å²) < 4.78 is 1.96. The van der Waals surface area contributed by atoms with E-state index < -0.39 is 0 Å². The van der Waals surface area contributed by atoms with Crippen LogP contribution in [0, 0.1) is 6.92 Å². The largest absolute Gasteiger partial charge is 0.354 e. The number of hydrogen-bond donors (Lipinski definition) is 2. The topological polar surface area (TPSA) is 67.1 Å². The molecule has 0 spiro atoms. The first-order valence-electron chi connectivity index (χ1n) is 7.86. The van der Waals surface area contributed by atoms with Gasteiger partial charge in [-0.3, -0.25) is 0 Å². The molecule has 0 unspecified atom stereocenters. The minimum absolute atomic E-state index is 0.482. The fraction of sp³-hybridized carbons (Fsp3) is 0.438. The maximum absolute atomic E-state index is 6.21. The van der Waals surface area contributed by atoms with E-state index in [1.54, 1.807) is 6.07 Å². The van der Waals surface area contributed by atoms with Gasteiger partial charge in [-0.2, -0.15) is 0 Å². The summed E-state index contributed by atoms with van der Waals surface area (Å²) in [7, 11) is 1.95. The predicted molar refractivity (Wildman–Crippen MR) is 96.3 cm³/mol. The summed E-state index contributed by atoms with van der Waals surface area (Å²) >= 11 is 12.1. The van der Waals surface area contributed by atoms with E-state index in [1.807, 2.05) is 30.7 Å². The Balaban J connectivity index is 1.67. The van der Waals surface area contributed by atoms with Gasteiger partial charge in [0.25, 0.3) is 0 Å². The molecule has 0 amide bonds. The van der Waals surface area contributed by atoms with Gasteiger partial charge in [0.15, 0.2) is 11.8 Å². The molecule has 1 saturated carbocycles. The molecular formula is C16H20Cl2N6. The Bertz CT molecular complexity index is 751. The van der Waals surface area contributed by atoms with Crippen LogP contribution in [0.4, 0.5) is 0 Å². The van der Waals surface area contributed by atoms with Crippen LogP contribution in [0.3, 0.4) is 0 Å². The number of nitrogens with zero attached hydrogens (tertiary/aromatic N) is 4. The van der Waals surface area contributed by atoms with E-state index in [0.717, 1.165) is 23.2 Å². The molecular weight excluding hydrogens is 347 g/mol. The summed E-state index contributed by atoms with van der Waals surface area (Å²) in [5.74, 6) is 2.50. The fourth-order valence-corrected chi connectivity index (χ4v) is 2.62. The second-order valence-corrected chi connectivity index (χ2v) is 6.74. The maximum atomic E-state index is 6.21. The average molecular weight is 367 g/mol. The van der Waals surface area contributed by atoms with E-state index in [4.69, 9.17) is 23.2 Å². The van der Waals surface area contributed by atoms with E-state index >= 15 is 0 Å². The van der Waals surface area contributed by atoms with Crippen molar-refractivity contribution in [3.05, 3.63) is 45.5 Å². The summed E-state index contributed by atoms with van der Waals surface area (Å²) in [5.41, 5.74) is 0.937. The molecule has 24 heavy (non-hydrogen) atoms. The number of rotatable bonds is 5. The highest BCUT2D eigenvalue weighted by atomic mass is 35.5. The SMILES string of the molecule is Cc1nnc(CNC(=NCc2ccc(Cl)cc2Cl)NC2CC2)n1C. The fourth-order valence-electron chi connectivity index (χ4n) is 2.16. The quantitative estimate of drug-likeness (QED) is 0.630. The predicted octanol–water partition coefficient (Wildman–Crippen LogP) is 2.83. The number of hydrogen-bond acceptors (Lipinski definition) is 3. The van der Waals surface area contributed by atoms with Crippen molar-refractivity contribution in [2.45, 2.75) is 38.9 Å². The molecule has 0 aliphatic heterocycles. The van der Waals surface area contributed by atoms with Crippen molar-refractivity contribution in [3.8, 4) is 0 Å². The number of guanidine groups is 1. The van der Waals surface area contributed by atoms with E-state index in [-0.39, 0.29) is 0 Å². The van der Waals surface area contributed by atoms with Gasteiger partial charge in [0.05, 0.1) is 13.1 Å². The van der Waals surface area contributed by atoms with Crippen LogP contribution in [0.25, 0.3) is 0 Å². The molecule has 0 bridgehead atoms. The zero-order valence-electron chi connectivity index (χ0n) is 13.7. The van der Waals surface area contributed by atoms with Crippen molar-refractivity contribution in [2.75, 3.05) is 0 Å². The molecule has 1 aliphatic carbocycles. The molecule has 2 aromatic rings. The van der Waals surface area contributed by atoms with Gasteiger partial charge in [0.2, 0.25) is 0 Å². The molecule has 1 aromatic carbocycles. The summed E-state index contributed by atoms with van der Waals surface area (Å²) in [6.45, 7) is 2.97. The van der Waals surface area contributed by atoms with Crippen molar-refractivity contribution in [1.29, 1.82) is 0 Å². The third kappa shape index (κ3) is 4.39. The van der Waals surface area contributed by atoms with Crippen LogP contribution in [0.2, 0.25) is 10.0 Å². The van der Waals surface area contributed by atoms with Gasteiger partial charge in [-0.15, -0.1) is 10.2 Å². The van der Waals surface area contributed by atoms with Crippen LogP contribution in [0.15, 0.2) is 23.2 Å². The summed E-state index contributed by atoms with van der Waals surface area (Å²) in [4.78, 5) is 4.63. The van der Waals surface area contributed by atoms with Crippen molar-refractivity contribution in [3.63, 3.8) is 0 Å². The first kappa shape index (κ1) is 17.0. The van der Waals surface area contributed by atoms with Gasteiger partial charge in [0.1, 0.15) is 5.82 Å². The number of aromatic nitrogens is 3. The minimum Gasteiger partial charge on any atom is -0.354 e. The first-order valence-corrected chi connectivity index (χ1v) is 8.62. The molecule has 0 radical (unpaired) electrons. The van der Waals surface area contributed by atoms with Crippen LogP contribution in [0.1, 0.15) is 30.1 Å². The molecule has 128 valence electrons. The van der Waals surface area contributed by atoms with Crippen molar-refractivity contribution >= 4 is 29.2 Å². The lowest BCUT2D eigenvalue weighted by molar-refractivity contribution is 0.713. The number of aryl methyl sites for hydroxylation is 1. The van der Waals surface area contributed by atoms with Gasteiger partial charge >= 0.3 is 0 Å². The number of aliphatic imine (C=N–C) groups is 1. The van der Waals surface area contributed by atoms with Crippen LogP contribution in [-0.4, -0.2) is 26.8 Å². The van der Waals surface area contributed by atoms with Gasteiger partial charge in [-0.05, 0) is 37.5 Å². The lowest BCUT2D eigenvalue weighted by Crippen LogP contribution is -2.38. The lowest BCUT2D eigenvalue weighted by Gasteiger charge is -2.12. The monoisotopic (exact) mass is 366 g/mol. The maximum Gasteiger partial charge on any atom is 0.192 e. The highest BCUT2D eigenvalue weighted by molar-refractivity contribution is 6.35. The summed E-state index contributed by atoms with van der Waals surface area (Å²) in [6.07, 6.45) is 2.34. The Kier molecular flexibility index (Phi) is 5.26. The van der Waals surface area contributed by atoms with Crippen LogP contribution < -0.4 is 10.6 Å². The number of benzene rings is 1. The highest BCUT2D eigenvalue weighted by Gasteiger charge is 2.22. The van der Waals surface area contributed by atoms with E-state index in [2.05, 4.69) is 25.8 Å². The zero-order valence-corrected chi connectivity index (χ0v) is 15.2. The zero-order chi connectivity index (χ0) is 17.1.